The van der Waals surface area contributed by atoms with Gasteiger partial charge in [0.1, 0.15) is 9.84 Å². The third kappa shape index (κ3) is 5.44. The van der Waals surface area contributed by atoms with Crippen LogP contribution in [-0.2, 0) is 9.84 Å². The molecule has 0 aliphatic heterocycles. The summed E-state index contributed by atoms with van der Waals surface area (Å²) in [6.07, 6.45) is -0.133. The van der Waals surface area contributed by atoms with Gasteiger partial charge in [0.2, 0.25) is 0 Å². The van der Waals surface area contributed by atoms with Gasteiger partial charge in [-0.1, -0.05) is 0 Å². The molecule has 0 amide bonds. The summed E-state index contributed by atoms with van der Waals surface area (Å²) >= 11 is 0. The number of sulfone groups is 1. The summed E-state index contributed by atoms with van der Waals surface area (Å²) in [5, 5.41) is 8.00. The van der Waals surface area contributed by atoms with Gasteiger partial charge in [-0.25, -0.2) is 8.42 Å². The van der Waals surface area contributed by atoms with E-state index in [1.165, 1.54) is 6.07 Å². The fraction of sp³-hybridized carbons (Fsp3) is 0.750. The molecule has 1 atom stereocenters. The highest BCUT2D eigenvalue weighted by Gasteiger charge is 1.98. The van der Waals surface area contributed by atoms with Gasteiger partial charge in [-0.2, -0.15) is 5.26 Å². The molecule has 8 heavy (non-hydrogen) atoms. The van der Waals surface area contributed by atoms with Crippen LogP contribution in [0.15, 0.2) is 0 Å². The Morgan fingerprint density at radius 2 is 2.38 bits per heavy atom. The quantitative estimate of drug-likeness (QED) is 0.531. The Balaban J connectivity index is 3.94. The number of rotatable bonds is 2. The Morgan fingerprint density at radius 3 is 2.50 bits per heavy atom. The lowest BCUT2D eigenvalue weighted by Gasteiger charge is -1.85. The molecule has 0 bridgehead atoms. The summed E-state index contributed by atoms with van der Waals surface area (Å²) in [5.41, 5.74) is 0. The predicted octanol–water partition coefficient (Wildman–Crippen LogP) is -0.0553. The summed E-state index contributed by atoms with van der Waals surface area (Å²) in [4.78, 5) is 0. The molecule has 1 unspecified atom stereocenters. The van der Waals surface area contributed by atoms with Crippen LogP contribution in [0.3, 0.4) is 0 Å². The van der Waals surface area contributed by atoms with Crippen LogP contribution in [0.1, 0.15) is 7.77 Å². The van der Waals surface area contributed by atoms with Crippen molar-refractivity contribution < 1.29 is 9.79 Å². The van der Waals surface area contributed by atoms with Crippen LogP contribution in [0.2, 0.25) is 0 Å². The zero-order valence-electron chi connectivity index (χ0n) is 5.46. The Hall–Kier alpha value is -0.560. The lowest BCUT2D eigenvalue weighted by Crippen LogP contribution is -2.00. The van der Waals surface area contributed by atoms with Crippen LogP contribution in [0.5, 0.6) is 0 Å². The van der Waals surface area contributed by atoms with Gasteiger partial charge in [0, 0.05) is 14.0 Å². The maximum Gasteiger partial charge on any atom is 0.148 e. The minimum absolute atomic E-state index is 0.372. The van der Waals surface area contributed by atoms with Crippen molar-refractivity contribution in [3.05, 3.63) is 0 Å². The van der Waals surface area contributed by atoms with Gasteiger partial charge < -0.3 is 0 Å². The van der Waals surface area contributed by atoms with Crippen LogP contribution < -0.4 is 0 Å². The van der Waals surface area contributed by atoms with E-state index in [0.717, 1.165) is 6.26 Å². The van der Waals surface area contributed by atoms with Gasteiger partial charge in [-0.3, -0.25) is 0 Å². The summed E-state index contributed by atoms with van der Waals surface area (Å²) in [7, 11) is -3.15. The largest absolute Gasteiger partial charge is 0.229 e. The van der Waals surface area contributed by atoms with E-state index in [2.05, 4.69) is 0 Å². The Bertz CT molecular complexity index is 215. The van der Waals surface area contributed by atoms with E-state index in [1.54, 1.807) is 0 Å². The zero-order chi connectivity index (χ0) is 7.49. The van der Waals surface area contributed by atoms with E-state index in [0.29, 0.717) is 0 Å². The van der Waals surface area contributed by atoms with E-state index in [9.17, 15) is 8.42 Å². The highest BCUT2D eigenvalue weighted by Crippen LogP contribution is 1.84. The molecule has 0 aromatic heterocycles. The molecule has 0 heterocycles. The fourth-order valence-corrected chi connectivity index (χ4v) is 0.566. The SMILES string of the molecule is [2H]C(C#N)CS(C)(=O)=O. The predicted molar refractivity (Wildman–Crippen MR) is 29.9 cm³/mol. The monoisotopic (exact) mass is 134 g/mol. The molecule has 0 saturated carbocycles. The van der Waals surface area contributed by atoms with Gasteiger partial charge in [0.05, 0.1) is 11.8 Å². The van der Waals surface area contributed by atoms with Gasteiger partial charge in [0.25, 0.3) is 0 Å². The van der Waals surface area contributed by atoms with Crippen LogP contribution >= 0.6 is 0 Å². The molecular weight excluding hydrogens is 126 g/mol. The van der Waals surface area contributed by atoms with Gasteiger partial charge in [-0.05, 0) is 0 Å². The summed E-state index contributed by atoms with van der Waals surface area (Å²) in [5.74, 6) is -0.372. The lowest BCUT2D eigenvalue weighted by atomic mass is 10.6. The van der Waals surface area contributed by atoms with E-state index in [-0.39, 0.29) is 5.75 Å². The smallest absolute Gasteiger partial charge is 0.148 e. The number of nitrogens with zero attached hydrogens (tertiary/aromatic N) is 1. The average Bonchev–Trinajstić information content (AvgIpc) is 1.62. The van der Waals surface area contributed by atoms with Crippen LogP contribution in [0.4, 0.5) is 0 Å². The first-order chi connectivity index (χ1) is 3.95. The number of hydrogen-bond acceptors (Lipinski definition) is 3. The van der Waals surface area contributed by atoms with Gasteiger partial charge in [0.15, 0.2) is 0 Å². The molecule has 0 fully saturated rings. The topological polar surface area (TPSA) is 57.9 Å². The second kappa shape index (κ2) is 2.68. The molecule has 0 aromatic rings. The van der Waals surface area contributed by atoms with E-state index < -0.39 is 16.2 Å². The first kappa shape index (κ1) is 5.57. The van der Waals surface area contributed by atoms with Crippen molar-refractivity contribution in [3.8, 4) is 6.07 Å². The van der Waals surface area contributed by atoms with E-state index in [4.69, 9.17) is 6.63 Å². The highest BCUT2D eigenvalue weighted by atomic mass is 32.2. The maximum atomic E-state index is 10.3. The molecule has 46 valence electrons. The Morgan fingerprint density at radius 1 is 1.88 bits per heavy atom. The standard InChI is InChI=1S/C4H7NO2S/c1-8(6,7)4-2-3-5/h2,4H2,1H3/i2D. The van der Waals surface area contributed by atoms with E-state index >= 15 is 0 Å². The van der Waals surface area contributed by atoms with Crippen molar-refractivity contribution in [1.82, 2.24) is 0 Å². The molecule has 0 spiro atoms. The van der Waals surface area contributed by atoms with Crippen molar-refractivity contribution >= 4 is 9.84 Å². The summed E-state index contributed by atoms with van der Waals surface area (Å²) in [6, 6.07) is 1.51. The third-order valence-electron chi connectivity index (χ3n) is 0.477. The van der Waals surface area contributed by atoms with Crippen molar-refractivity contribution in [2.24, 2.45) is 0 Å². The Labute approximate surface area is 50.3 Å². The van der Waals surface area contributed by atoms with Crippen molar-refractivity contribution in [2.75, 3.05) is 12.0 Å². The third-order valence-corrected chi connectivity index (χ3v) is 1.25. The second-order valence-electron chi connectivity index (χ2n) is 1.43. The lowest BCUT2D eigenvalue weighted by molar-refractivity contribution is 0.601. The summed E-state index contributed by atoms with van der Waals surface area (Å²) < 4.78 is 27.4. The highest BCUT2D eigenvalue weighted by molar-refractivity contribution is 7.90. The Kier molecular flexibility index (Phi) is 1.86. The minimum atomic E-state index is -3.15. The first-order valence-corrected chi connectivity index (χ1v) is 4.01. The molecule has 3 nitrogen and oxygen atoms in total. The molecule has 4 heteroatoms. The molecule has 0 rings (SSSR count). The first-order valence-electron chi connectivity index (χ1n) is 2.53. The van der Waals surface area contributed by atoms with Crippen molar-refractivity contribution in [1.29, 1.82) is 5.26 Å². The summed E-state index contributed by atoms with van der Waals surface area (Å²) in [6.45, 7) is 0. The number of nitriles is 1. The molecule has 0 aromatic carbocycles. The van der Waals surface area contributed by atoms with Crippen molar-refractivity contribution in [2.45, 2.75) is 6.40 Å². The zero-order valence-corrected chi connectivity index (χ0v) is 5.27. The van der Waals surface area contributed by atoms with Gasteiger partial charge in [-0.15, -0.1) is 0 Å². The van der Waals surface area contributed by atoms with Crippen LogP contribution in [0.25, 0.3) is 0 Å². The van der Waals surface area contributed by atoms with Gasteiger partial charge >= 0.3 is 0 Å². The fourth-order valence-electron chi connectivity index (χ4n) is 0.189. The molecule has 0 radical (unpaired) electrons. The average molecular weight is 134 g/mol. The van der Waals surface area contributed by atoms with E-state index in [1.807, 2.05) is 0 Å². The van der Waals surface area contributed by atoms with Crippen LogP contribution in [-0.4, -0.2) is 20.4 Å². The molecule has 0 N–H and O–H groups in total. The molecular formula is C4H7NO2S. The molecule has 0 aliphatic carbocycles. The molecule has 0 aliphatic rings. The van der Waals surface area contributed by atoms with Crippen molar-refractivity contribution in [3.63, 3.8) is 0 Å². The number of hydrogen-bond donors (Lipinski definition) is 0. The normalized spacial score (nSPS) is 16.2. The minimum Gasteiger partial charge on any atom is -0.229 e. The van der Waals surface area contributed by atoms with Crippen LogP contribution in [0, 0.1) is 11.3 Å². The maximum absolute atomic E-state index is 10.3. The second-order valence-corrected chi connectivity index (χ2v) is 3.61. The molecule has 0 saturated heterocycles.